The third-order valence-corrected chi connectivity index (χ3v) is 4.24. The van der Waals surface area contributed by atoms with Gasteiger partial charge >= 0.3 is 0 Å². The number of carbonyl (C=O) groups excluding carboxylic acids is 1. The predicted octanol–water partition coefficient (Wildman–Crippen LogP) is 3.57. The van der Waals surface area contributed by atoms with Crippen molar-refractivity contribution in [2.24, 2.45) is 5.92 Å². The number of nitrogens with one attached hydrogen (secondary N) is 2. The van der Waals surface area contributed by atoms with Gasteiger partial charge in [-0.15, -0.1) is 0 Å². The number of benzene rings is 1. The van der Waals surface area contributed by atoms with Crippen molar-refractivity contribution in [2.45, 2.75) is 38.5 Å². The fourth-order valence-corrected chi connectivity index (χ4v) is 2.91. The molecule has 0 heterocycles. The van der Waals surface area contributed by atoms with Crippen LogP contribution < -0.4 is 10.6 Å². The molecule has 0 atom stereocenters. The van der Waals surface area contributed by atoms with E-state index in [0.29, 0.717) is 0 Å². The summed E-state index contributed by atoms with van der Waals surface area (Å²) in [5.74, 6) is 0.393. The molecule has 0 bridgehead atoms. The van der Waals surface area contributed by atoms with E-state index in [9.17, 15) is 4.79 Å². The Kier molecular flexibility index (Phi) is 6.72. The zero-order valence-electron chi connectivity index (χ0n) is 13.9. The Balaban J connectivity index is 1.75. The molecule has 0 saturated heterocycles. The van der Waals surface area contributed by atoms with Gasteiger partial charge in [0.05, 0.1) is 0 Å². The number of hydrogen-bond acceptors (Lipinski definition) is 3. The summed E-state index contributed by atoms with van der Waals surface area (Å²) in [6.07, 6.45) is 6.85. The van der Waals surface area contributed by atoms with E-state index >= 15 is 0 Å². The largest absolute Gasteiger partial charge is 0.385 e. The number of nitrogens with zero attached hydrogens (tertiary/aromatic N) is 1. The van der Waals surface area contributed by atoms with Crippen LogP contribution in [0.3, 0.4) is 0 Å². The average Bonchev–Trinajstić information content (AvgIpc) is 2.54. The summed E-state index contributed by atoms with van der Waals surface area (Å²) in [5, 5.41) is 6.45. The van der Waals surface area contributed by atoms with Gasteiger partial charge in [0.25, 0.3) is 0 Å². The Hall–Kier alpha value is -1.55. The lowest BCUT2D eigenvalue weighted by atomic mass is 9.88. The van der Waals surface area contributed by atoms with Gasteiger partial charge in [-0.1, -0.05) is 19.3 Å². The van der Waals surface area contributed by atoms with Crippen LogP contribution in [-0.2, 0) is 4.79 Å². The van der Waals surface area contributed by atoms with E-state index in [1.807, 2.05) is 24.3 Å². The molecule has 0 radical (unpaired) electrons. The molecule has 1 aromatic rings. The van der Waals surface area contributed by atoms with Crippen molar-refractivity contribution < 1.29 is 4.79 Å². The Labute approximate surface area is 134 Å². The topological polar surface area (TPSA) is 44.4 Å². The first kappa shape index (κ1) is 16.8. The van der Waals surface area contributed by atoms with Gasteiger partial charge in [0, 0.05) is 23.8 Å². The molecule has 1 amide bonds. The van der Waals surface area contributed by atoms with Crippen LogP contribution >= 0.6 is 0 Å². The first-order chi connectivity index (χ1) is 10.6. The minimum Gasteiger partial charge on any atom is -0.385 e. The van der Waals surface area contributed by atoms with Crippen molar-refractivity contribution in [3.63, 3.8) is 0 Å². The van der Waals surface area contributed by atoms with E-state index in [0.717, 1.165) is 43.7 Å². The molecule has 0 aromatic heterocycles. The molecule has 4 heteroatoms. The molecule has 2 N–H and O–H groups in total. The molecule has 4 nitrogen and oxygen atoms in total. The second-order valence-corrected chi connectivity index (χ2v) is 6.49. The fourth-order valence-electron chi connectivity index (χ4n) is 2.91. The minimum absolute atomic E-state index is 0.186. The number of rotatable bonds is 7. The highest BCUT2D eigenvalue weighted by Gasteiger charge is 2.20. The monoisotopic (exact) mass is 303 g/mol. The van der Waals surface area contributed by atoms with Gasteiger partial charge in [0.15, 0.2) is 0 Å². The summed E-state index contributed by atoms with van der Waals surface area (Å²) in [4.78, 5) is 14.4. The fraction of sp³-hybridized carbons (Fsp3) is 0.611. The Morgan fingerprint density at radius 1 is 1.09 bits per heavy atom. The standard InChI is InChI=1S/C18H29N3O/c1-21(2)14-6-13-19-16-9-11-17(12-10-16)20-18(22)15-7-4-3-5-8-15/h9-12,15,19H,3-8,13-14H2,1-2H3,(H,20,22). The first-order valence-corrected chi connectivity index (χ1v) is 8.44. The van der Waals surface area contributed by atoms with Gasteiger partial charge in [0.1, 0.15) is 0 Å². The van der Waals surface area contributed by atoms with Gasteiger partial charge in [-0.2, -0.15) is 0 Å². The van der Waals surface area contributed by atoms with Crippen LogP contribution in [0.2, 0.25) is 0 Å². The summed E-state index contributed by atoms with van der Waals surface area (Å²) >= 11 is 0. The first-order valence-electron chi connectivity index (χ1n) is 8.44. The molecule has 22 heavy (non-hydrogen) atoms. The van der Waals surface area contributed by atoms with Crippen molar-refractivity contribution >= 4 is 17.3 Å². The Morgan fingerprint density at radius 3 is 2.36 bits per heavy atom. The van der Waals surface area contributed by atoms with Crippen molar-refractivity contribution in [3.05, 3.63) is 24.3 Å². The van der Waals surface area contributed by atoms with Gasteiger partial charge in [-0.25, -0.2) is 0 Å². The van der Waals surface area contributed by atoms with E-state index in [4.69, 9.17) is 0 Å². The van der Waals surface area contributed by atoms with Crippen LogP contribution in [0.4, 0.5) is 11.4 Å². The maximum absolute atomic E-state index is 12.2. The van der Waals surface area contributed by atoms with E-state index in [1.54, 1.807) is 0 Å². The van der Waals surface area contributed by atoms with Crippen LogP contribution in [0, 0.1) is 5.92 Å². The van der Waals surface area contributed by atoms with E-state index < -0.39 is 0 Å². The summed E-state index contributed by atoms with van der Waals surface area (Å²) in [6, 6.07) is 8.03. The lowest BCUT2D eigenvalue weighted by Gasteiger charge is -2.20. The highest BCUT2D eigenvalue weighted by Crippen LogP contribution is 2.25. The summed E-state index contributed by atoms with van der Waals surface area (Å²) in [5.41, 5.74) is 2.00. The summed E-state index contributed by atoms with van der Waals surface area (Å²) < 4.78 is 0. The lowest BCUT2D eigenvalue weighted by molar-refractivity contribution is -0.120. The van der Waals surface area contributed by atoms with Crippen LogP contribution in [-0.4, -0.2) is 38.0 Å². The number of hydrogen-bond donors (Lipinski definition) is 2. The lowest BCUT2D eigenvalue weighted by Crippen LogP contribution is -2.24. The molecule has 0 spiro atoms. The van der Waals surface area contributed by atoms with E-state index in [-0.39, 0.29) is 11.8 Å². The van der Waals surface area contributed by atoms with E-state index in [1.165, 1.54) is 19.3 Å². The van der Waals surface area contributed by atoms with Gasteiger partial charge in [-0.05, 0) is 64.2 Å². The molecule has 122 valence electrons. The van der Waals surface area contributed by atoms with Gasteiger partial charge in [0.2, 0.25) is 5.91 Å². The number of amides is 1. The molecular formula is C18H29N3O. The maximum Gasteiger partial charge on any atom is 0.227 e. The molecular weight excluding hydrogens is 274 g/mol. The zero-order chi connectivity index (χ0) is 15.8. The van der Waals surface area contributed by atoms with Crippen LogP contribution in [0.1, 0.15) is 38.5 Å². The van der Waals surface area contributed by atoms with Gasteiger partial charge < -0.3 is 15.5 Å². The normalized spacial score (nSPS) is 15.8. The van der Waals surface area contributed by atoms with Crippen molar-refractivity contribution in [1.29, 1.82) is 0 Å². The smallest absolute Gasteiger partial charge is 0.227 e. The highest BCUT2D eigenvalue weighted by molar-refractivity contribution is 5.92. The van der Waals surface area contributed by atoms with Crippen molar-refractivity contribution in [3.8, 4) is 0 Å². The molecule has 0 unspecified atom stereocenters. The average molecular weight is 303 g/mol. The third kappa shape index (κ3) is 5.68. The summed E-state index contributed by atoms with van der Waals surface area (Å²) in [6.45, 7) is 2.05. The second kappa shape index (κ2) is 8.79. The SMILES string of the molecule is CN(C)CCCNc1ccc(NC(=O)C2CCCCC2)cc1. The maximum atomic E-state index is 12.2. The van der Waals surface area contributed by atoms with E-state index in [2.05, 4.69) is 29.6 Å². The molecule has 2 rings (SSSR count). The molecule has 1 saturated carbocycles. The predicted molar refractivity (Wildman–Crippen MR) is 93.3 cm³/mol. The van der Waals surface area contributed by atoms with Crippen LogP contribution in [0.25, 0.3) is 0 Å². The van der Waals surface area contributed by atoms with Crippen LogP contribution in [0.15, 0.2) is 24.3 Å². The van der Waals surface area contributed by atoms with Crippen molar-refractivity contribution in [2.75, 3.05) is 37.8 Å². The quantitative estimate of drug-likeness (QED) is 0.757. The Bertz CT molecular complexity index is 450. The number of anilines is 2. The Morgan fingerprint density at radius 2 is 1.73 bits per heavy atom. The van der Waals surface area contributed by atoms with Crippen molar-refractivity contribution in [1.82, 2.24) is 4.90 Å². The molecule has 1 fully saturated rings. The minimum atomic E-state index is 0.186. The van der Waals surface area contributed by atoms with Crippen LogP contribution in [0.5, 0.6) is 0 Å². The summed E-state index contributed by atoms with van der Waals surface area (Å²) in [7, 11) is 4.17. The zero-order valence-corrected chi connectivity index (χ0v) is 13.9. The molecule has 1 aliphatic carbocycles. The molecule has 1 aromatic carbocycles. The highest BCUT2D eigenvalue weighted by atomic mass is 16.1. The molecule has 1 aliphatic rings. The third-order valence-electron chi connectivity index (χ3n) is 4.24. The number of carbonyl (C=O) groups is 1. The molecule has 0 aliphatic heterocycles. The second-order valence-electron chi connectivity index (χ2n) is 6.49. The van der Waals surface area contributed by atoms with Gasteiger partial charge in [-0.3, -0.25) is 4.79 Å².